The number of rotatable bonds is 1. The molecule has 1 heterocycles. The highest BCUT2D eigenvalue weighted by atomic mass is 35.5. The molecule has 16 heavy (non-hydrogen) atoms. The second kappa shape index (κ2) is 4.18. The largest absolute Gasteiger partial charge is 0.223 e. The van der Waals surface area contributed by atoms with E-state index in [0.717, 1.165) is 11.3 Å². The van der Waals surface area contributed by atoms with Gasteiger partial charge in [-0.25, -0.2) is 14.4 Å². The number of hydrogen-bond acceptors (Lipinski definition) is 2. The minimum absolute atomic E-state index is 0.179. The van der Waals surface area contributed by atoms with Crippen molar-refractivity contribution in [1.82, 2.24) is 9.97 Å². The molecule has 0 N–H and O–H groups in total. The Hall–Kier alpha value is -1.48. The van der Waals surface area contributed by atoms with Crippen LogP contribution in [0.25, 0.3) is 11.3 Å². The number of aryl methyl sites for hydroxylation is 1. The van der Waals surface area contributed by atoms with Crippen LogP contribution in [0.3, 0.4) is 0 Å². The first-order valence-corrected chi connectivity index (χ1v) is 5.22. The summed E-state index contributed by atoms with van der Waals surface area (Å²) in [6.07, 6.45) is 0. The van der Waals surface area contributed by atoms with E-state index in [0.29, 0.717) is 11.3 Å². The Balaban J connectivity index is 2.63. The third kappa shape index (κ3) is 2.04. The fourth-order valence-electron chi connectivity index (χ4n) is 1.56. The number of aromatic nitrogens is 2. The van der Waals surface area contributed by atoms with Crippen LogP contribution in [-0.4, -0.2) is 9.97 Å². The fraction of sp³-hybridized carbons (Fsp3) is 0.167. The van der Waals surface area contributed by atoms with Crippen molar-refractivity contribution in [3.63, 3.8) is 0 Å². The Morgan fingerprint density at radius 1 is 1.19 bits per heavy atom. The van der Waals surface area contributed by atoms with Crippen LogP contribution in [0.1, 0.15) is 11.3 Å². The molecule has 0 bridgehead atoms. The predicted octanol–water partition coefficient (Wildman–Crippen LogP) is 3.55. The van der Waals surface area contributed by atoms with Crippen LogP contribution in [0.4, 0.5) is 4.39 Å². The van der Waals surface area contributed by atoms with Crippen LogP contribution in [0.2, 0.25) is 5.28 Å². The van der Waals surface area contributed by atoms with Crippen LogP contribution >= 0.6 is 11.6 Å². The summed E-state index contributed by atoms with van der Waals surface area (Å²) in [4.78, 5) is 8.07. The van der Waals surface area contributed by atoms with Crippen LogP contribution in [0, 0.1) is 19.7 Å². The van der Waals surface area contributed by atoms with E-state index in [1.807, 2.05) is 13.0 Å². The topological polar surface area (TPSA) is 25.8 Å². The molecule has 2 nitrogen and oxygen atoms in total. The maximum Gasteiger partial charge on any atom is 0.223 e. The van der Waals surface area contributed by atoms with Gasteiger partial charge < -0.3 is 0 Å². The summed E-state index contributed by atoms with van der Waals surface area (Å²) >= 11 is 5.78. The maximum atomic E-state index is 13.4. The van der Waals surface area contributed by atoms with Crippen molar-refractivity contribution in [2.75, 3.05) is 0 Å². The zero-order valence-corrected chi connectivity index (χ0v) is 9.72. The van der Waals surface area contributed by atoms with Gasteiger partial charge in [-0.05, 0) is 43.1 Å². The lowest BCUT2D eigenvalue weighted by Gasteiger charge is -2.06. The van der Waals surface area contributed by atoms with Gasteiger partial charge in [0.1, 0.15) is 5.82 Å². The van der Waals surface area contributed by atoms with Crippen molar-refractivity contribution < 1.29 is 4.39 Å². The quantitative estimate of drug-likeness (QED) is 0.708. The molecule has 1 aromatic heterocycles. The Morgan fingerprint density at radius 2 is 1.94 bits per heavy atom. The molecule has 0 atom stereocenters. The van der Waals surface area contributed by atoms with E-state index in [9.17, 15) is 4.39 Å². The molecule has 1 aromatic carbocycles. The first kappa shape index (κ1) is 11.0. The van der Waals surface area contributed by atoms with Gasteiger partial charge in [-0.2, -0.15) is 0 Å². The minimum Gasteiger partial charge on any atom is -0.223 e. The lowest BCUT2D eigenvalue weighted by molar-refractivity contribution is 0.619. The van der Waals surface area contributed by atoms with Crippen LogP contribution in [-0.2, 0) is 0 Å². The Bertz CT molecular complexity index is 520. The molecule has 0 saturated heterocycles. The molecule has 0 amide bonds. The molecule has 0 saturated carbocycles. The number of halogens is 2. The molecule has 0 aliphatic carbocycles. The molecule has 0 fully saturated rings. The van der Waals surface area contributed by atoms with E-state index in [1.54, 1.807) is 19.1 Å². The highest BCUT2D eigenvalue weighted by Crippen LogP contribution is 2.24. The first-order chi connectivity index (χ1) is 7.58. The van der Waals surface area contributed by atoms with Gasteiger partial charge in [0.25, 0.3) is 0 Å². The van der Waals surface area contributed by atoms with Crippen molar-refractivity contribution in [2.24, 2.45) is 0 Å². The average molecular weight is 237 g/mol. The van der Waals surface area contributed by atoms with Gasteiger partial charge in [0.2, 0.25) is 5.28 Å². The molecule has 0 radical (unpaired) electrons. The van der Waals surface area contributed by atoms with E-state index in [1.165, 1.54) is 6.07 Å². The molecular formula is C12H10ClFN2. The Morgan fingerprint density at radius 3 is 2.62 bits per heavy atom. The summed E-state index contributed by atoms with van der Waals surface area (Å²) in [5, 5.41) is 0.179. The molecule has 4 heteroatoms. The van der Waals surface area contributed by atoms with Crippen molar-refractivity contribution in [2.45, 2.75) is 13.8 Å². The second-order valence-corrected chi connectivity index (χ2v) is 3.91. The van der Waals surface area contributed by atoms with E-state index < -0.39 is 0 Å². The van der Waals surface area contributed by atoms with E-state index in [4.69, 9.17) is 11.6 Å². The minimum atomic E-state index is -0.245. The summed E-state index contributed by atoms with van der Waals surface area (Å²) in [7, 11) is 0. The number of benzene rings is 1. The van der Waals surface area contributed by atoms with E-state index >= 15 is 0 Å². The third-order valence-electron chi connectivity index (χ3n) is 2.37. The van der Waals surface area contributed by atoms with Gasteiger partial charge in [-0.3, -0.25) is 0 Å². The monoisotopic (exact) mass is 236 g/mol. The zero-order valence-electron chi connectivity index (χ0n) is 8.96. The lowest BCUT2D eigenvalue weighted by atomic mass is 10.0. The average Bonchev–Trinajstić information content (AvgIpc) is 2.20. The number of hydrogen-bond donors (Lipinski definition) is 0. The van der Waals surface area contributed by atoms with Crippen LogP contribution in [0.5, 0.6) is 0 Å². The maximum absolute atomic E-state index is 13.4. The molecule has 2 aromatic rings. The van der Waals surface area contributed by atoms with Crippen molar-refractivity contribution in [3.8, 4) is 11.3 Å². The predicted molar refractivity (Wildman–Crippen MR) is 61.9 cm³/mol. The number of nitrogens with zero attached hydrogens (tertiary/aromatic N) is 2. The molecule has 0 aliphatic rings. The highest BCUT2D eigenvalue weighted by molar-refractivity contribution is 6.28. The van der Waals surface area contributed by atoms with E-state index in [2.05, 4.69) is 9.97 Å². The van der Waals surface area contributed by atoms with Crippen molar-refractivity contribution in [1.29, 1.82) is 0 Å². The van der Waals surface area contributed by atoms with Crippen LogP contribution in [0.15, 0.2) is 24.3 Å². The van der Waals surface area contributed by atoms with Gasteiger partial charge in [-0.1, -0.05) is 12.1 Å². The van der Waals surface area contributed by atoms with Gasteiger partial charge >= 0.3 is 0 Å². The second-order valence-electron chi connectivity index (χ2n) is 3.58. The Kier molecular flexibility index (Phi) is 2.88. The van der Waals surface area contributed by atoms with Gasteiger partial charge in [0.05, 0.1) is 5.69 Å². The van der Waals surface area contributed by atoms with Crippen molar-refractivity contribution in [3.05, 3.63) is 46.6 Å². The Labute approximate surface area is 98.1 Å². The van der Waals surface area contributed by atoms with Gasteiger partial charge in [-0.15, -0.1) is 0 Å². The van der Waals surface area contributed by atoms with Crippen LogP contribution < -0.4 is 0 Å². The first-order valence-electron chi connectivity index (χ1n) is 4.84. The smallest absolute Gasteiger partial charge is 0.223 e. The van der Waals surface area contributed by atoms with Gasteiger partial charge in [0, 0.05) is 11.3 Å². The lowest BCUT2D eigenvalue weighted by Crippen LogP contribution is -1.94. The fourth-order valence-corrected chi connectivity index (χ4v) is 1.78. The molecule has 0 spiro atoms. The normalized spacial score (nSPS) is 10.5. The third-order valence-corrected chi connectivity index (χ3v) is 2.54. The summed E-state index contributed by atoms with van der Waals surface area (Å²) in [6, 6.07) is 6.68. The molecule has 2 rings (SSSR count). The SMILES string of the molecule is Cc1cc(-c2cccc(F)c2C)nc(Cl)n1. The summed E-state index contributed by atoms with van der Waals surface area (Å²) in [5.41, 5.74) is 2.72. The standard InChI is InChI=1S/C12H10ClFN2/c1-7-6-11(16-12(13)15-7)9-4-3-5-10(14)8(9)2/h3-6H,1-2H3. The molecule has 0 unspecified atom stereocenters. The van der Waals surface area contributed by atoms with Crippen molar-refractivity contribution >= 4 is 11.6 Å². The summed E-state index contributed by atoms with van der Waals surface area (Å²) < 4.78 is 13.4. The summed E-state index contributed by atoms with van der Waals surface area (Å²) in [6.45, 7) is 3.54. The molecule has 82 valence electrons. The highest BCUT2D eigenvalue weighted by Gasteiger charge is 2.08. The van der Waals surface area contributed by atoms with E-state index in [-0.39, 0.29) is 11.1 Å². The van der Waals surface area contributed by atoms with Gasteiger partial charge in [0.15, 0.2) is 0 Å². The summed E-state index contributed by atoms with van der Waals surface area (Å²) in [5.74, 6) is -0.245. The molecule has 0 aliphatic heterocycles. The molecular weight excluding hydrogens is 227 g/mol. The zero-order chi connectivity index (χ0) is 11.7.